The standard InChI is InChI=1S/C21H24FN5O/c1-15-8-9-16(13-24-15)21(28)23-10-11-27-17(14-26(2)3)12-20(25-27)18-6-4-5-7-19(18)22/h4-9,12-13H,10-11,14H2,1-3H3,(H,23,28). The van der Waals surface area contributed by atoms with Crippen LogP contribution in [0, 0.1) is 12.7 Å². The van der Waals surface area contributed by atoms with Gasteiger partial charge in [-0.05, 0) is 51.4 Å². The molecule has 0 radical (unpaired) electrons. The van der Waals surface area contributed by atoms with Crippen molar-refractivity contribution in [2.75, 3.05) is 20.6 Å². The third kappa shape index (κ3) is 4.80. The molecule has 2 aromatic heterocycles. The first-order valence-corrected chi connectivity index (χ1v) is 9.11. The Kier molecular flexibility index (Phi) is 6.16. The van der Waals surface area contributed by atoms with Crippen LogP contribution in [0.1, 0.15) is 21.7 Å². The maximum Gasteiger partial charge on any atom is 0.252 e. The predicted octanol–water partition coefficient (Wildman–Crippen LogP) is 2.88. The van der Waals surface area contributed by atoms with Crippen LogP contribution in [-0.2, 0) is 13.1 Å². The van der Waals surface area contributed by atoms with E-state index in [9.17, 15) is 9.18 Å². The zero-order valence-electron chi connectivity index (χ0n) is 16.3. The van der Waals surface area contributed by atoms with Crippen molar-refractivity contribution in [1.29, 1.82) is 0 Å². The van der Waals surface area contributed by atoms with E-state index < -0.39 is 0 Å². The minimum absolute atomic E-state index is 0.178. The number of carbonyl (C=O) groups excluding carboxylic acids is 1. The number of carbonyl (C=O) groups is 1. The highest BCUT2D eigenvalue weighted by Gasteiger charge is 2.13. The number of nitrogens with zero attached hydrogens (tertiary/aromatic N) is 4. The van der Waals surface area contributed by atoms with Crippen LogP contribution in [0.4, 0.5) is 4.39 Å². The maximum absolute atomic E-state index is 14.1. The lowest BCUT2D eigenvalue weighted by atomic mass is 10.1. The summed E-state index contributed by atoms with van der Waals surface area (Å²) in [5.41, 5.74) is 3.39. The minimum Gasteiger partial charge on any atom is -0.350 e. The second-order valence-electron chi connectivity index (χ2n) is 6.91. The first-order chi connectivity index (χ1) is 13.4. The highest BCUT2D eigenvalue weighted by atomic mass is 19.1. The average Bonchev–Trinajstić information content (AvgIpc) is 3.04. The number of aryl methyl sites for hydroxylation is 1. The zero-order chi connectivity index (χ0) is 20.1. The van der Waals surface area contributed by atoms with Gasteiger partial charge >= 0.3 is 0 Å². The monoisotopic (exact) mass is 381 g/mol. The number of pyridine rings is 1. The van der Waals surface area contributed by atoms with Crippen molar-refractivity contribution in [3.8, 4) is 11.3 Å². The van der Waals surface area contributed by atoms with Gasteiger partial charge in [-0.1, -0.05) is 12.1 Å². The SMILES string of the molecule is Cc1ccc(C(=O)NCCn2nc(-c3ccccc3F)cc2CN(C)C)cn1. The molecule has 0 unspecified atom stereocenters. The van der Waals surface area contributed by atoms with Crippen LogP contribution in [0.2, 0.25) is 0 Å². The summed E-state index contributed by atoms with van der Waals surface area (Å²) in [7, 11) is 3.93. The highest BCUT2D eigenvalue weighted by Crippen LogP contribution is 2.22. The van der Waals surface area contributed by atoms with Crippen LogP contribution >= 0.6 is 0 Å². The summed E-state index contributed by atoms with van der Waals surface area (Å²) in [5.74, 6) is -0.480. The molecule has 1 amide bonds. The van der Waals surface area contributed by atoms with Crippen molar-refractivity contribution >= 4 is 5.91 Å². The van der Waals surface area contributed by atoms with Gasteiger partial charge in [0.1, 0.15) is 5.82 Å². The number of amides is 1. The molecular formula is C21H24FN5O. The van der Waals surface area contributed by atoms with Gasteiger partial charge in [-0.15, -0.1) is 0 Å². The molecule has 3 rings (SSSR count). The van der Waals surface area contributed by atoms with E-state index in [1.165, 1.54) is 6.07 Å². The summed E-state index contributed by atoms with van der Waals surface area (Å²) < 4.78 is 15.9. The van der Waals surface area contributed by atoms with Gasteiger partial charge in [0.25, 0.3) is 5.91 Å². The second kappa shape index (κ2) is 8.75. The van der Waals surface area contributed by atoms with Gasteiger partial charge in [-0.2, -0.15) is 5.10 Å². The summed E-state index contributed by atoms with van der Waals surface area (Å²) in [6.45, 7) is 3.43. The molecule has 2 heterocycles. The molecule has 0 fully saturated rings. The van der Waals surface area contributed by atoms with Crippen LogP contribution in [0.25, 0.3) is 11.3 Å². The van der Waals surface area contributed by atoms with Crippen LogP contribution in [0.3, 0.4) is 0 Å². The Morgan fingerprint density at radius 1 is 1.21 bits per heavy atom. The Bertz CT molecular complexity index is 950. The van der Waals surface area contributed by atoms with Gasteiger partial charge in [-0.3, -0.25) is 14.5 Å². The lowest BCUT2D eigenvalue weighted by Gasteiger charge is -2.12. The fraction of sp³-hybridized carbons (Fsp3) is 0.286. The van der Waals surface area contributed by atoms with E-state index in [1.807, 2.05) is 36.7 Å². The van der Waals surface area contributed by atoms with E-state index in [1.54, 1.807) is 36.5 Å². The first-order valence-electron chi connectivity index (χ1n) is 9.11. The van der Waals surface area contributed by atoms with Crippen molar-refractivity contribution in [1.82, 2.24) is 25.0 Å². The molecule has 1 N–H and O–H groups in total. The van der Waals surface area contributed by atoms with E-state index in [0.29, 0.717) is 36.5 Å². The lowest BCUT2D eigenvalue weighted by molar-refractivity contribution is 0.0951. The fourth-order valence-corrected chi connectivity index (χ4v) is 2.88. The number of halogens is 1. The van der Waals surface area contributed by atoms with E-state index in [4.69, 9.17) is 0 Å². The number of benzene rings is 1. The van der Waals surface area contributed by atoms with E-state index >= 15 is 0 Å². The molecule has 1 aromatic carbocycles. The van der Waals surface area contributed by atoms with Gasteiger partial charge < -0.3 is 10.2 Å². The van der Waals surface area contributed by atoms with Crippen molar-refractivity contribution in [2.45, 2.75) is 20.0 Å². The Hall–Kier alpha value is -3.06. The third-order valence-electron chi connectivity index (χ3n) is 4.27. The third-order valence-corrected chi connectivity index (χ3v) is 4.27. The molecule has 146 valence electrons. The Balaban J connectivity index is 1.72. The highest BCUT2D eigenvalue weighted by molar-refractivity contribution is 5.93. The van der Waals surface area contributed by atoms with Crippen molar-refractivity contribution in [2.24, 2.45) is 0 Å². The molecular weight excluding hydrogens is 357 g/mol. The summed E-state index contributed by atoms with van der Waals surface area (Å²) >= 11 is 0. The van der Waals surface area contributed by atoms with Crippen LogP contribution < -0.4 is 5.32 Å². The molecule has 6 nitrogen and oxygen atoms in total. The van der Waals surface area contributed by atoms with E-state index in [2.05, 4.69) is 15.4 Å². The van der Waals surface area contributed by atoms with Gasteiger partial charge in [0, 0.05) is 30.5 Å². The number of aromatic nitrogens is 3. The summed E-state index contributed by atoms with van der Waals surface area (Å²) in [4.78, 5) is 18.4. The maximum atomic E-state index is 14.1. The van der Waals surface area contributed by atoms with Crippen LogP contribution in [-0.4, -0.2) is 46.2 Å². The van der Waals surface area contributed by atoms with E-state index in [-0.39, 0.29) is 11.7 Å². The zero-order valence-corrected chi connectivity index (χ0v) is 16.3. The largest absolute Gasteiger partial charge is 0.350 e. The Labute approximate surface area is 164 Å². The molecule has 0 bridgehead atoms. The molecule has 0 spiro atoms. The fourth-order valence-electron chi connectivity index (χ4n) is 2.88. The second-order valence-corrected chi connectivity index (χ2v) is 6.91. The normalized spacial score (nSPS) is 11.0. The Morgan fingerprint density at radius 2 is 2.00 bits per heavy atom. The molecule has 0 aliphatic carbocycles. The number of nitrogens with one attached hydrogen (secondary N) is 1. The molecule has 3 aromatic rings. The summed E-state index contributed by atoms with van der Waals surface area (Å²) in [6.07, 6.45) is 1.56. The predicted molar refractivity (Wildman–Crippen MR) is 106 cm³/mol. The quantitative estimate of drug-likeness (QED) is 0.684. The van der Waals surface area contributed by atoms with Crippen molar-refractivity contribution in [3.63, 3.8) is 0 Å². The lowest BCUT2D eigenvalue weighted by Crippen LogP contribution is -2.28. The van der Waals surface area contributed by atoms with Crippen LogP contribution in [0.15, 0.2) is 48.7 Å². The Morgan fingerprint density at radius 3 is 2.68 bits per heavy atom. The van der Waals surface area contributed by atoms with Gasteiger partial charge in [0.15, 0.2) is 0 Å². The van der Waals surface area contributed by atoms with Crippen molar-refractivity contribution < 1.29 is 9.18 Å². The molecule has 0 aliphatic rings. The minimum atomic E-state index is -0.302. The van der Waals surface area contributed by atoms with Gasteiger partial charge in [0.2, 0.25) is 0 Å². The molecule has 0 atom stereocenters. The number of rotatable bonds is 7. The molecule has 7 heteroatoms. The van der Waals surface area contributed by atoms with Gasteiger partial charge in [0.05, 0.1) is 23.5 Å². The number of hydrogen-bond donors (Lipinski definition) is 1. The first kappa shape index (κ1) is 19.7. The molecule has 0 saturated heterocycles. The smallest absolute Gasteiger partial charge is 0.252 e. The molecule has 0 saturated carbocycles. The van der Waals surface area contributed by atoms with Gasteiger partial charge in [-0.25, -0.2) is 4.39 Å². The molecule has 0 aliphatic heterocycles. The van der Waals surface area contributed by atoms with E-state index in [0.717, 1.165) is 11.4 Å². The topological polar surface area (TPSA) is 63.1 Å². The summed E-state index contributed by atoms with van der Waals surface area (Å²) in [6, 6.07) is 12.0. The average molecular weight is 381 g/mol. The molecule has 28 heavy (non-hydrogen) atoms. The van der Waals surface area contributed by atoms with Crippen molar-refractivity contribution in [3.05, 3.63) is 71.4 Å². The summed E-state index contributed by atoms with van der Waals surface area (Å²) in [5, 5.41) is 7.44. The number of hydrogen-bond acceptors (Lipinski definition) is 4. The van der Waals surface area contributed by atoms with Crippen LogP contribution in [0.5, 0.6) is 0 Å².